The number of carbonyl (C=O) groups is 1. The number of alkyl halides is 2. The highest BCUT2D eigenvalue weighted by molar-refractivity contribution is 6.32. The van der Waals surface area contributed by atoms with E-state index in [1.54, 1.807) is 0 Å². The van der Waals surface area contributed by atoms with Gasteiger partial charge in [-0.3, -0.25) is 4.79 Å². The number of carbonyl (C=O) groups excluding carboxylic acids is 1. The van der Waals surface area contributed by atoms with E-state index in [0.29, 0.717) is 6.29 Å². The summed E-state index contributed by atoms with van der Waals surface area (Å²) in [7, 11) is 0. The molecule has 0 saturated heterocycles. The van der Waals surface area contributed by atoms with Gasteiger partial charge in [0.1, 0.15) is 5.69 Å². The Labute approximate surface area is 78.5 Å². The van der Waals surface area contributed by atoms with Crippen LogP contribution in [0.1, 0.15) is 28.2 Å². The second kappa shape index (κ2) is 3.79. The van der Waals surface area contributed by atoms with Gasteiger partial charge in [-0.2, -0.15) is 0 Å². The molecule has 1 aromatic rings. The first-order valence-electron chi connectivity index (χ1n) is 3.46. The molecule has 0 radical (unpaired) electrons. The third kappa shape index (κ3) is 2.01. The minimum atomic E-state index is -2.69. The number of pyridine rings is 1. The van der Waals surface area contributed by atoms with Crippen molar-refractivity contribution in [1.82, 2.24) is 4.98 Å². The van der Waals surface area contributed by atoms with Crippen LogP contribution < -0.4 is 0 Å². The predicted molar refractivity (Wildman–Crippen MR) is 44.3 cm³/mol. The highest BCUT2D eigenvalue weighted by Crippen LogP contribution is 2.28. The monoisotopic (exact) mass is 205 g/mol. The molecule has 1 rings (SSSR count). The molecular formula is C8H6ClF2NO. The second-order valence-electron chi connectivity index (χ2n) is 2.45. The van der Waals surface area contributed by atoms with Crippen LogP contribution in [0.25, 0.3) is 0 Å². The van der Waals surface area contributed by atoms with Gasteiger partial charge in [-0.25, -0.2) is 13.8 Å². The maximum Gasteiger partial charge on any atom is 0.265 e. The minimum absolute atomic E-state index is 0.0304. The van der Waals surface area contributed by atoms with Gasteiger partial charge < -0.3 is 0 Å². The van der Waals surface area contributed by atoms with Gasteiger partial charge >= 0.3 is 0 Å². The number of nitrogens with zero attached hydrogens (tertiary/aromatic N) is 1. The summed E-state index contributed by atoms with van der Waals surface area (Å²) in [6, 6.07) is 0.993. The summed E-state index contributed by atoms with van der Waals surface area (Å²) < 4.78 is 24.6. The Balaban J connectivity index is 3.32. The van der Waals surface area contributed by atoms with Crippen LogP contribution in [0.5, 0.6) is 0 Å². The molecule has 1 heterocycles. The summed E-state index contributed by atoms with van der Waals surface area (Å²) in [5.74, 6) is 0. The van der Waals surface area contributed by atoms with E-state index in [2.05, 4.69) is 4.98 Å². The van der Waals surface area contributed by atoms with Gasteiger partial charge in [-0.15, -0.1) is 0 Å². The highest BCUT2D eigenvalue weighted by atomic mass is 35.5. The molecule has 0 aliphatic carbocycles. The molecule has 0 aromatic carbocycles. The molecule has 0 spiro atoms. The zero-order valence-corrected chi connectivity index (χ0v) is 7.48. The van der Waals surface area contributed by atoms with E-state index in [4.69, 9.17) is 11.6 Å². The Hall–Kier alpha value is -1.03. The van der Waals surface area contributed by atoms with Crippen LogP contribution in [0, 0.1) is 6.92 Å². The summed E-state index contributed by atoms with van der Waals surface area (Å²) in [5.41, 5.74) is -0.143. The molecule has 0 aliphatic rings. The average molecular weight is 206 g/mol. The molecule has 0 unspecified atom stereocenters. The molecule has 2 nitrogen and oxygen atoms in total. The second-order valence-corrected chi connectivity index (χ2v) is 2.83. The maximum absolute atomic E-state index is 12.3. The number of aromatic nitrogens is 1. The number of hydrogen-bond donors (Lipinski definition) is 0. The Kier molecular flexibility index (Phi) is 2.93. The fourth-order valence-electron chi connectivity index (χ4n) is 0.926. The molecule has 0 N–H and O–H groups in total. The number of aryl methyl sites for hydroxylation is 1. The van der Waals surface area contributed by atoms with Crippen LogP contribution >= 0.6 is 11.6 Å². The third-order valence-corrected chi connectivity index (χ3v) is 2.02. The topological polar surface area (TPSA) is 30.0 Å². The lowest BCUT2D eigenvalue weighted by Gasteiger charge is -2.05. The molecular weight excluding hydrogens is 200 g/mol. The SMILES string of the molecule is Cc1nc(C=O)cc(C(F)F)c1Cl. The van der Waals surface area contributed by atoms with Crippen molar-refractivity contribution in [3.63, 3.8) is 0 Å². The zero-order valence-electron chi connectivity index (χ0n) is 6.72. The van der Waals surface area contributed by atoms with Crippen molar-refractivity contribution in [3.05, 3.63) is 28.0 Å². The number of halogens is 3. The van der Waals surface area contributed by atoms with Crippen LogP contribution in [0.2, 0.25) is 5.02 Å². The molecule has 1 aromatic heterocycles. The number of rotatable bonds is 2. The van der Waals surface area contributed by atoms with Crippen molar-refractivity contribution < 1.29 is 13.6 Å². The number of hydrogen-bond acceptors (Lipinski definition) is 2. The maximum atomic E-state index is 12.3. The van der Waals surface area contributed by atoms with Crippen molar-refractivity contribution in [2.75, 3.05) is 0 Å². The van der Waals surface area contributed by atoms with Crippen LogP contribution in [0.15, 0.2) is 6.07 Å². The van der Waals surface area contributed by atoms with E-state index in [1.807, 2.05) is 0 Å². The molecule has 0 saturated carbocycles. The van der Waals surface area contributed by atoms with Gasteiger partial charge in [0.15, 0.2) is 6.29 Å². The van der Waals surface area contributed by atoms with Crippen molar-refractivity contribution in [1.29, 1.82) is 0 Å². The zero-order chi connectivity index (χ0) is 10.0. The van der Waals surface area contributed by atoms with E-state index in [1.165, 1.54) is 6.92 Å². The van der Waals surface area contributed by atoms with Crippen molar-refractivity contribution in [2.45, 2.75) is 13.3 Å². The molecule has 0 fully saturated rings. The van der Waals surface area contributed by atoms with Gasteiger partial charge in [0.2, 0.25) is 0 Å². The third-order valence-electron chi connectivity index (χ3n) is 1.53. The fourth-order valence-corrected chi connectivity index (χ4v) is 1.11. The summed E-state index contributed by atoms with van der Waals surface area (Å²) in [5, 5.41) is -0.0828. The van der Waals surface area contributed by atoms with Crippen LogP contribution in [0.4, 0.5) is 8.78 Å². The van der Waals surface area contributed by atoms with Gasteiger partial charge in [-0.1, -0.05) is 11.6 Å². The van der Waals surface area contributed by atoms with Crippen molar-refractivity contribution >= 4 is 17.9 Å². The average Bonchev–Trinajstić information content (AvgIpc) is 2.09. The first-order chi connectivity index (χ1) is 6.06. The lowest BCUT2D eigenvalue weighted by molar-refractivity contribution is 0.111. The molecule has 13 heavy (non-hydrogen) atoms. The highest BCUT2D eigenvalue weighted by Gasteiger charge is 2.15. The summed E-state index contributed by atoms with van der Waals surface area (Å²) >= 11 is 5.56. The quantitative estimate of drug-likeness (QED) is 0.695. The standard InChI is InChI=1S/C8H6ClF2NO/c1-4-7(9)6(8(10)11)2-5(3-13)12-4/h2-3,8H,1H3. The minimum Gasteiger partial charge on any atom is -0.296 e. The Morgan fingerprint density at radius 1 is 1.62 bits per heavy atom. The predicted octanol–water partition coefficient (Wildman–Crippen LogP) is 2.79. The van der Waals surface area contributed by atoms with E-state index in [9.17, 15) is 13.6 Å². The Morgan fingerprint density at radius 2 is 2.23 bits per heavy atom. The van der Waals surface area contributed by atoms with Gasteiger partial charge in [0.25, 0.3) is 6.43 Å². The van der Waals surface area contributed by atoms with Crippen LogP contribution in [-0.2, 0) is 0 Å². The van der Waals surface area contributed by atoms with Gasteiger partial charge in [0, 0.05) is 5.56 Å². The largest absolute Gasteiger partial charge is 0.296 e. The Bertz CT molecular complexity index is 341. The van der Waals surface area contributed by atoms with Gasteiger partial charge in [0.05, 0.1) is 10.7 Å². The molecule has 0 bridgehead atoms. The fraction of sp³-hybridized carbons (Fsp3) is 0.250. The van der Waals surface area contributed by atoms with E-state index >= 15 is 0 Å². The molecule has 70 valence electrons. The summed E-state index contributed by atoms with van der Waals surface area (Å²) in [6.07, 6.45) is -2.28. The van der Waals surface area contributed by atoms with Gasteiger partial charge in [-0.05, 0) is 13.0 Å². The first kappa shape index (κ1) is 10.1. The lowest BCUT2D eigenvalue weighted by atomic mass is 10.2. The molecule has 5 heteroatoms. The number of aldehydes is 1. The molecule has 0 amide bonds. The van der Waals surface area contributed by atoms with Crippen LogP contribution in [-0.4, -0.2) is 11.3 Å². The smallest absolute Gasteiger partial charge is 0.265 e. The van der Waals surface area contributed by atoms with E-state index in [-0.39, 0.29) is 22.0 Å². The van der Waals surface area contributed by atoms with Crippen LogP contribution in [0.3, 0.4) is 0 Å². The van der Waals surface area contributed by atoms with Crippen molar-refractivity contribution in [3.8, 4) is 0 Å². The molecule has 0 atom stereocenters. The first-order valence-corrected chi connectivity index (χ1v) is 3.84. The van der Waals surface area contributed by atoms with Crippen molar-refractivity contribution in [2.24, 2.45) is 0 Å². The molecule has 0 aliphatic heterocycles. The lowest BCUT2D eigenvalue weighted by Crippen LogP contribution is -1.97. The Morgan fingerprint density at radius 3 is 2.69 bits per heavy atom. The van der Waals surface area contributed by atoms with E-state index in [0.717, 1.165) is 6.07 Å². The summed E-state index contributed by atoms with van der Waals surface area (Å²) in [4.78, 5) is 14.0. The summed E-state index contributed by atoms with van der Waals surface area (Å²) in [6.45, 7) is 1.47. The normalized spacial score (nSPS) is 10.5. The van der Waals surface area contributed by atoms with E-state index < -0.39 is 6.43 Å².